The molecule has 1 aromatic heterocycles. The van der Waals surface area contributed by atoms with Crippen LogP contribution in [-0.4, -0.2) is 3.96 Å². The first-order chi connectivity index (χ1) is 7.86. The van der Waals surface area contributed by atoms with E-state index in [1.165, 1.54) is 11.3 Å². The van der Waals surface area contributed by atoms with Gasteiger partial charge in [-0.3, -0.25) is 4.79 Å². The Kier molecular flexibility index (Phi) is 2.40. The predicted molar refractivity (Wildman–Crippen MR) is 66.6 cm³/mol. The third kappa shape index (κ3) is 1.52. The van der Waals surface area contributed by atoms with Crippen molar-refractivity contribution in [2.45, 2.75) is 25.7 Å². The van der Waals surface area contributed by atoms with Crippen molar-refractivity contribution in [1.82, 2.24) is 3.96 Å². The molecule has 0 bridgehead atoms. The fourth-order valence-electron chi connectivity index (χ4n) is 2.21. The summed E-state index contributed by atoms with van der Waals surface area (Å²) >= 11 is 1.62. The number of fused-ring (bicyclic) bond motifs is 1. The second kappa shape index (κ2) is 3.91. The Morgan fingerprint density at radius 3 is 2.56 bits per heavy atom. The van der Waals surface area contributed by atoms with E-state index in [4.69, 9.17) is 0 Å². The van der Waals surface area contributed by atoms with Crippen molar-refractivity contribution in [3.8, 4) is 5.69 Å². The zero-order valence-corrected chi connectivity index (χ0v) is 9.80. The second-order valence-electron chi connectivity index (χ2n) is 4.14. The van der Waals surface area contributed by atoms with Gasteiger partial charge in [0, 0.05) is 10.4 Å². The molecule has 0 saturated heterocycles. The Hall–Kier alpha value is -1.35. The highest BCUT2D eigenvalue weighted by Gasteiger charge is 2.18. The quantitative estimate of drug-likeness (QED) is 0.739. The summed E-state index contributed by atoms with van der Waals surface area (Å²) in [6.45, 7) is 0. The summed E-state index contributed by atoms with van der Waals surface area (Å²) in [5.74, 6) is 0. The van der Waals surface area contributed by atoms with E-state index in [0.29, 0.717) is 0 Å². The van der Waals surface area contributed by atoms with E-state index in [0.717, 1.165) is 30.5 Å². The van der Waals surface area contributed by atoms with Crippen LogP contribution in [-0.2, 0) is 12.8 Å². The monoisotopic (exact) mass is 231 g/mol. The number of nitrogens with zero attached hydrogens (tertiary/aromatic N) is 1. The standard InChI is InChI=1S/C13H13NOS/c15-13-11-8-4-5-9-12(11)16-14(13)10-6-2-1-3-7-10/h1-3,6-7H,4-5,8-9H2. The zero-order valence-electron chi connectivity index (χ0n) is 8.98. The third-order valence-electron chi connectivity index (χ3n) is 3.05. The number of aromatic nitrogens is 1. The van der Waals surface area contributed by atoms with Crippen LogP contribution in [0.4, 0.5) is 0 Å². The molecule has 0 N–H and O–H groups in total. The van der Waals surface area contributed by atoms with E-state index in [9.17, 15) is 4.79 Å². The van der Waals surface area contributed by atoms with Gasteiger partial charge >= 0.3 is 0 Å². The van der Waals surface area contributed by atoms with Crippen LogP contribution in [0.5, 0.6) is 0 Å². The van der Waals surface area contributed by atoms with Gasteiger partial charge in [0.15, 0.2) is 0 Å². The molecule has 0 spiro atoms. The van der Waals surface area contributed by atoms with Gasteiger partial charge in [-0.05, 0) is 37.8 Å². The SMILES string of the molecule is O=c1c2c(sn1-c1ccccc1)CCCC2. The maximum absolute atomic E-state index is 12.2. The minimum Gasteiger partial charge on any atom is -0.268 e. The maximum atomic E-state index is 12.2. The largest absolute Gasteiger partial charge is 0.268 e. The molecule has 3 rings (SSSR count). The van der Waals surface area contributed by atoms with Gasteiger partial charge in [0.25, 0.3) is 5.56 Å². The lowest BCUT2D eigenvalue weighted by atomic mass is 10.00. The molecule has 0 radical (unpaired) electrons. The van der Waals surface area contributed by atoms with Crippen molar-refractivity contribution in [2.24, 2.45) is 0 Å². The smallest absolute Gasteiger partial charge is 0.268 e. The number of rotatable bonds is 1. The van der Waals surface area contributed by atoms with Crippen molar-refractivity contribution in [3.63, 3.8) is 0 Å². The minimum absolute atomic E-state index is 0.200. The molecule has 2 nitrogen and oxygen atoms in total. The van der Waals surface area contributed by atoms with E-state index < -0.39 is 0 Å². The van der Waals surface area contributed by atoms with Crippen molar-refractivity contribution in [1.29, 1.82) is 0 Å². The molecule has 0 aliphatic heterocycles. The molecule has 2 aromatic rings. The predicted octanol–water partition coefficient (Wildman–Crippen LogP) is 2.78. The Bertz CT molecular complexity index is 553. The molecule has 0 amide bonds. The van der Waals surface area contributed by atoms with Gasteiger partial charge in [0.1, 0.15) is 0 Å². The fraction of sp³-hybridized carbons (Fsp3) is 0.308. The second-order valence-corrected chi connectivity index (χ2v) is 5.18. The van der Waals surface area contributed by atoms with Gasteiger partial charge < -0.3 is 0 Å². The van der Waals surface area contributed by atoms with E-state index in [-0.39, 0.29) is 5.56 Å². The van der Waals surface area contributed by atoms with Crippen molar-refractivity contribution in [2.75, 3.05) is 0 Å². The number of para-hydroxylation sites is 1. The summed E-state index contributed by atoms with van der Waals surface area (Å²) < 4.78 is 1.83. The van der Waals surface area contributed by atoms with Crippen molar-refractivity contribution >= 4 is 11.5 Å². The fourth-order valence-corrected chi connectivity index (χ4v) is 3.39. The summed E-state index contributed by atoms with van der Waals surface area (Å²) in [6.07, 6.45) is 4.43. The maximum Gasteiger partial charge on any atom is 0.268 e. The lowest BCUT2D eigenvalue weighted by molar-refractivity contribution is 0.692. The highest BCUT2D eigenvalue weighted by atomic mass is 32.1. The molecule has 82 valence electrons. The Labute approximate surface area is 98.3 Å². The Morgan fingerprint density at radius 1 is 1.06 bits per heavy atom. The number of benzene rings is 1. The molecule has 1 heterocycles. The van der Waals surface area contributed by atoms with Crippen LogP contribution in [0.1, 0.15) is 23.3 Å². The number of hydrogen-bond acceptors (Lipinski definition) is 2. The van der Waals surface area contributed by atoms with Crippen LogP contribution >= 0.6 is 11.5 Å². The van der Waals surface area contributed by atoms with E-state index in [2.05, 4.69) is 0 Å². The first-order valence-electron chi connectivity index (χ1n) is 5.66. The molecule has 1 aliphatic rings. The van der Waals surface area contributed by atoms with Gasteiger partial charge in [-0.2, -0.15) is 0 Å². The van der Waals surface area contributed by atoms with Gasteiger partial charge in [0.2, 0.25) is 0 Å². The van der Waals surface area contributed by atoms with Crippen LogP contribution in [0.3, 0.4) is 0 Å². The van der Waals surface area contributed by atoms with E-state index in [1.54, 1.807) is 11.5 Å². The lowest BCUT2D eigenvalue weighted by Crippen LogP contribution is -2.16. The van der Waals surface area contributed by atoms with E-state index >= 15 is 0 Å². The van der Waals surface area contributed by atoms with Gasteiger partial charge in [-0.25, -0.2) is 3.96 Å². The van der Waals surface area contributed by atoms with Crippen LogP contribution in [0.15, 0.2) is 35.1 Å². The van der Waals surface area contributed by atoms with Crippen molar-refractivity contribution in [3.05, 3.63) is 51.1 Å². The summed E-state index contributed by atoms with van der Waals surface area (Å²) in [5, 5.41) is 0. The van der Waals surface area contributed by atoms with Gasteiger partial charge in [-0.15, -0.1) is 0 Å². The molecule has 16 heavy (non-hydrogen) atoms. The molecular formula is C13H13NOS. The lowest BCUT2D eigenvalue weighted by Gasteiger charge is -2.06. The van der Waals surface area contributed by atoms with E-state index in [1.807, 2.05) is 34.3 Å². The molecule has 1 aliphatic carbocycles. The minimum atomic E-state index is 0.200. The van der Waals surface area contributed by atoms with Gasteiger partial charge in [0.05, 0.1) is 5.69 Å². The van der Waals surface area contributed by atoms with Crippen LogP contribution in [0.2, 0.25) is 0 Å². The summed E-state index contributed by atoms with van der Waals surface area (Å²) in [5.41, 5.74) is 2.25. The first kappa shape index (κ1) is 9.85. The summed E-state index contributed by atoms with van der Waals surface area (Å²) in [4.78, 5) is 13.5. The molecule has 0 atom stereocenters. The highest BCUT2D eigenvalue weighted by Crippen LogP contribution is 2.24. The van der Waals surface area contributed by atoms with Gasteiger partial charge in [-0.1, -0.05) is 29.7 Å². The van der Waals surface area contributed by atoms with Crippen molar-refractivity contribution < 1.29 is 0 Å². The highest BCUT2D eigenvalue weighted by molar-refractivity contribution is 7.07. The Morgan fingerprint density at radius 2 is 1.81 bits per heavy atom. The van der Waals surface area contributed by atoms with Crippen LogP contribution < -0.4 is 5.56 Å². The third-order valence-corrected chi connectivity index (χ3v) is 4.28. The van der Waals surface area contributed by atoms with Crippen LogP contribution in [0, 0.1) is 0 Å². The zero-order chi connectivity index (χ0) is 11.0. The molecular weight excluding hydrogens is 218 g/mol. The number of aryl methyl sites for hydroxylation is 1. The number of hydrogen-bond donors (Lipinski definition) is 0. The molecule has 0 saturated carbocycles. The molecule has 0 unspecified atom stereocenters. The van der Waals surface area contributed by atoms with Crippen LogP contribution in [0.25, 0.3) is 5.69 Å². The summed E-state index contributed by atoms with van der Waals surface area (Å²) in [6, 6.07) is 9.90. The average Bonchev–Trinajstić information content (AvgIpc) is 2.69. The first-order valence-corrected chi connectivity index (χ1v) is 6.43. The molecule has 0 fully saturated rings. The molecule has 1 aromatic carbocycles. The topological polar surface area (TPSA) is 22.0 Å². The normalized spacial score (nSPS) is 14.8. The summed E-state index contributed by atoms with van der Waals surface area (Å²) in [7, 11) is 0. The average molecular weight is 231 g/mol. The Balaban J connectivity index is 2.16. The molecule has 3 heteroatoms.